The Balaban J connectivity index is 1.87. The van der Waals surface area contributed by atoms with Gasteiger partial charge in [0.1, 0.15) is 5.00 Å². The van der Waals surface area contributed by atoms with E-state index in [9.17, 15) is 0 Å². The standard InChI is InChI=1S/C16H23N3S/c1-12(2)10-19(11-13-6-5-9-17-13)16-14-7-3-4-8-15(14)18-20-16/h3-4,7-8,12-13,17H,5-6,9-11H2,1-2H3. The Bertz CT molecular complexity index is 558. The van der Waals surface area contributed by atoms with Gasteiger partial charge in [-0.15, -0.1) is 0 Å². The molecule has 20 heavy (non-hydrogen) atoms. The predicted molar refractivity (Wildman–Crippen MR) is 87.7 cm³/mol. The van der Waals surface area contributed by atoms with Crippen molar-refractivity contribution in [2.45, 2.75) is 32.7 Å². The van der Waals surface area contributed by atoms with E-state index < -0.39 is 0 Å². The molecule has 1 unspecified atom stereocenters. The molecule has 1 aromatic heterocycles. The van der Waals surface area contributed by atoms with Crippen molar-refractivity contribution in [3.8, 4) is 0 Å². The predicted octanol–water partition coefficient (Wildman–Crippen LogP) is 3.51. The minimum Gasteiger partial charge on any atom is -0.360 e. The van der Waals surface area contributed by atoms with Crippen molar-refractivity contribution >= 4 is 27.4 Å². The lowest BCUT2D eigenvalue weighted by Crippen LogP contribution is -2.39. The number of rotatable bonds is 5. The summed E-state index contributed by atoms with van der Waals surface area (Å²) in [7, 11) is 0. The van der Waals surface area contributed by atoms with Gasteiger partial charge in [-0.1, -0.05) is 26.0 Å². The van der Waals surface area contributed by atoms with Crippen LogP contribution in [-0.4, -0.2) is 30.0 Å². The molecule has 1 atom stereocenters. The number of aromatic nitrogens is 1. The highest BCUT2D eigenvalue weighted by atomic mass is 32.1. The molecule has 1 aliphatic rings. The molecule has 3 rings (SSSR count). The Hall–Kier alpha value is -1.13. The van der Waals surface area contributed by atoms with Crippen LogP contribution in [0.5, 0.6) is 0 Å². The van der Waals surface area contributed by atoms with Gasteiger partial charge < -0.3 is 10.2 Å². The van der Waals surface area contributed by atoms with Crippen molar-refractivity contribution in [1.29, 1.82) is 0 Å². The highest BCUT2D eigenvalue weighted by molar-refractivity contribution is 7.11. The summed E-state index contributed by atoms with van der Waals surface area (Å²) < 4.78 is 4.60. The van der Waals surface area contributed by atoms with Crippen molar-refractivity contribution in [1.82, 2.24) is 9.69 Å². The first-order chi connectivity index (χ1) is 9.74. The summed E-state index contributed by atoms with van der Waals surface area (Å²) in [5, 5.41) is 6.25. The van der Waals surface area contributed by atoms with Crippen molar-refractivity contribution < 1.29 is 0 Å². The second-order valence-electron chi connectivity index (χ2n) is 6.10. The second-order valence-corrected chi connectivity index (χ2v) is 6.85. The van der Waals surface area contributed by atoms with Crippen LogP contribution in [0.1, 0.15) is 26.7 Å². The molecular weight excluding hydrogens is 266 g/mol. The van der Waals surface area contributed by atoms with E-state index in [1.54, 1.807) is 11.5 Å². The number of anilines is 1. The van der Waals surface area contributed by atoms with Crippen LogP contribution in [0.15, 0.2) is 24.3 Å². The molecule has 2 aromatic rings. The van der Waals surface area contributed by atoms with Crippen LogP contribution >= 0.6 is 11.5 Å². The van der Waals surface area contributed by atoms with E-state index in [0.29, 0.717) is 12.0 Å². The average Bonchev–Trinajstić information content (AvgIpc) is 3.05. The van der Waals surface area contributed by atoms with Crippen LogP contribution < -0.4 is 10.2 Å². The molecule has 1 saturated heterocycles. The third-order valence-corrected chi connectivity index (χ3v) is 4.78. The van der Waals surface area contributed by atoms with E-state index in [0.717, 1.165) is 18.6 Å². The molecule has 2 heterocycles. The zero-order chi connectivity index (χ0) is 13.9. The van der Waals surface area contributed by atoms with E-state index in [1.165, 1.54) is 29.8 Å². The quantitative estimate of drug-likeness (QED) is 0.913. The van der Waals surface area contributed by atoms with Crippen LogP contribution in [0.4, 0.5) is 5.00 Å². The third-order valence-electron chi connectivity index (χ3n) is 3.84. The molecule has 1 fully saturated rings. The van der Waals surface area contributed by atoms with Gasteiger partial charge in [-0.3, -0.25) is 0 Å². The normalized spacial score (nSPS) is 19.1. The van der Waals surface area contributed by atoms with E-state index in [-0.39, 0.29) is 0 Å². The first-order valence-corrected chi connectivity index (χ1v) is 8.34. The molecule has 0 bridgehead atoms. The SMILES string of the molecule is CC(C)CN(CC1CCCN1)c1snc2ccccc12. The maximum absolute atomic E-state index is 4.60. The molecule has 0 aliphatic carbocycles. The van der Waals surface area contributed by atoms with Gasteiger partial charge in [-0.05, 0) is 49.0 Å². The largest absolute Gasteiger partial charge is 0.360 e. The molecule has 4 heteroatoms. The van der Waals surface area contributed by atoms with Gasteiger partial charge in [-0.25, -0.2) is 0 Å². The van der Waals surface area contributed by atoms with E-state index in [4.69, 9.17) is 0 Å². The Morgan fingerprint density at radius 1 is 1.40 bits per heavy atom. The summed E-state index contributed by atoms with van der Waals surface area (Å²) in [5.74, 6) is 0.664. The van der Waals surface area contributed by atoms with Crippen molar-refractivity contribution in [2.24, 2.45) is 5.92 Å². The highest BCUT2D eigenvalue weighted by Crippen LogP contribution is 2.32. The average molecular weight is 289 g/mol. The zero-order valence-corrected chi connectivity index (χ0v) is 13.1. The Morgan fingerprint density at radius 2 is 2.25 bits per heavy atom. The Labute approximate surface area is 125 Å². The van der Waals surface area contributed by atoms with Gasteiger partial charge in [-0.2, -0.15) is 4.37 Å². The first kappa shape index (κ1) is 13.8. The fourth-order valence-electron chi connectivity index (χ4n) is 2.96. The lowest BCUT2D eigenvalue weighted by atomic mass is 10.1. The smallest absolute Gasteiger partial charge is 0.120 e. The van der Waals surface area contributed by atoms with Crippen molar-refractivity contribution in [2.75, 3.05) is 24.5 Å². The minimum absolute atomic E-state index is 0.634. The summed E-state index contributed by atoms with van der Waals surface area (Å²) >= 11 is 1.64. The van der Waals surface area contributed by atoms with E-state index >= 15 is 0 Å². The zero-order valence-electron chi connectivity index (χ0n) is 12.3. The number of nitrogens with zero attached hydrogens (tertiary/aromatic N) is 2. The van der Waals surface area contributed by atoms with Crippen molar-refractivity contribution in [3.63, 3.8) is 0 Å². The molecule has 108 valence electrons. The van der Waals surface area contributed by atoms with Crippen LogP contribution in [0.2, 0.25) is 0 Å². The number of nitrogens with one attached hydrogen (secondary N) is 1. The summed E-state index contributed by atoms with van der Waals surface area (Å²) in [5.41, 5.74) is 1.13. The van der Waals surface area contributed by atoms with Gasteiger partial charge in [0.05, 0.1) is 5.52 Å². The molecule has 0 saturated carbocycles. The molecule has 0 spiro atoms. The Morgan fingerprint density at radius 3 is 3.00 bits per heavy atom. The van der Waals surface area contributed by atoms with Gasteiger partial charge in [0.2, 0.25) is 0 Å². The molecule has 3 nitrogen and oxygen atoms in total. The molecule has 1 N–H and O–H groups in total. The summed E-state index contributed by atoms with van der Waals surface area (Å²) in [6, 6.07) is 9.12. The molecule has 1 aromatic carbocycles. The van der Waals surface area contributed by atoms with E-state index in [2.05, 4.69) is 52.7 Å². The monoisotopic (exact) mass is 289 g/mol. The maximum atomic E-state index is 4.60. The third kappa shape index (κ3) is 2.96. The van der Waals surface area contributed by atoms with Crippen LogP contribution in [0.3, 0.4) is 0 Å². The number of hydrogen-bond acceptors (Lipinski definition) is 4. The van der Waals surface area contributed by atoms with Crippen molar-refractivity contribution in [3.05, 3.63) is 24.3 Å². The molecule has 0 amide bonds. The van der Waals surface area contributed by atoms with Gasteiger partial charge in [0, 0.05) is 24.5 Å². The summed E-state index contributed by atoms with van der Waals surface area (Å²) in [6.07, 6.45) is 2.61. The molecule has 1 aliphatic heterocycles. The lowest BCUT2D eigenvalue weighted by Gasteiger charge is -2.28. The molecular formula is C16H23N3S. The number of fused-ring (bicyclic) bond motifs is 1. The second kappa shape index (κ2) is 6.10. The summed E-state index contributed by atoms with van der Waals surface area (Å²) in [4.78, 5) is 2.54. The van der Waals surface area contributed by atoms with Crippen LogP contribution in [-0.2, 0) is 0 Å². The lowest BCUT2D eigenvalue weighted by molar-refractivity contribution is 0.544. The van der Waals surface area contributed by atoms with Crippen LogP contribution in [0.25, 0.3) is 10.9 Å². The first-order valence-electron chi connectivity index (χ1n) is 7.57. The Kier molecular flexibility index (Phi) is 4.22. The fourth-order valence-corrected chi connectivity index (χ4v) is 3.84. The van der Waals surface area contributed by atoms with Gasteiger partial charge in [0.15, 0.2) is 0 Å². The number of benzene rings is 1. The van der Waals surface area contributed by atoms with Crippen LogP contribution in [0, 0.1) is 5.92 Å². The molecule has 0 radical (unpaired) electrons. The fraction of sp³-hybridized carbons (Fsp3) is 0.562. The highest BCUT2D eigenvalue weighted by Gasteiger charge is 2.21. The van der Waals surface area contributed by atoms with Gasteiger partial charge >= 0.3 is 0 Å². The topological polar surface area (TPSA) is 28.2 Å². The number of hydrogen-bond donors (Lipinski definition) is 1. The van der Waals surface area contributed by atoms with Gasteiger partial charge in [0.25, 0.3) is 0 Å². The maximum Gasteiger partial charge on any atom is 0.120 e. The van der Waals surface area contributed by atoms with E-state index in [1.807, 2.05) is 0 Å². The summed E-state index contributed by atoms with van der Waals surface area (Å²) in [6.45, 7) is 7.95. The minimum atomic E-state index is 0.634.